The number of halogens is 3. The van der Waals surface area contributed by atoms with Crippen LogP contribution >= 0.6 is 0 Å². The summed E-state index contributed by atoms with van der Waals surface area (Å²) in [7, 11) is 0. The molecule has 0 aromatic heterocycles. The number of esters is 1. The molecule has 1 aliphatic rings. The second-order valence-corrected chi connectivity index (χ2v) is 8.95. The predicted molar refractivity (Wildman–Crippen MR) is 136 cm³/mol. The highest BCUT2D eigenvalue weighted by Crippen LogP contribution is 2.44. The molecule has 38 heavy (non-hydrogen) atoms. The van der Waals surface area contributed by atoms with E-state index >= 15 is 0 Å². The second kappa shape index (κ2) is 10.9. The molecule has 8 heteroatoms. The van der Waals surface area contributed by atoms with Crippen LogP contribution in [0.3, 0.4) is 0 Å². The molecule has 0 N–H and O–H groups in total. The maximum absolute atomic E-state index is 14.1. The van der Waals surface area contributed by atoms with Crippen LogP contribution in [0.4, 0.5) is 18.9 Å². The number of amides is 1. The zero-order valence-electron chi connectivity index (χ0n) is 20.8. The van der Waals surface area contributed by atoms with E-state index in [-0.39, 0.29) is 30.0 Å². The van der Waals surface area contributed by atoms with Crippen molar-refractivity contribution in [1.82, 2.24) is 0 Å². The quantitative estimate of drug-likeness (QED) is 0.354. The van der Waals surface area contributed by atoms with E-state index in [4.69, 9.17) is 4.74 Å². The summed E-state index contributed by atoms with van der Waals surface area (Å²) in [6.45, 7) is 3.28. The fourth-order valence-corrected chi connectivity index (χ4v) is 4.88. The van der Waals surface area contributed by atoms with Crippen LogP contribution in [-0.2, 0) is 26.9 Å². The van der Waals surface area contributed by atoms with E-state index in [0.29, 0.717) is 11.1 Å². The first-order valence-electron chi connectivity index (χ1n) is 12.1. The summed E-state index contributed by atoms with van der Waals surface area (Å²) >= 11 is 0. The molecule has 1 amide bonds. The molecular formula is C30H25F3N2O3. The number of hydrogen-bond donors (Lipinski definition) is 0. The molecule has 0 bridgehead atoms. The van der Waals surface area contributed by atoms with Crippen molar-refractivity contribution in [3.05, 3.63) is 112 Å². The standard InChI is InChI=1S/C30H25F3N2O3/c1-3-38-29(37)26-19(2)35(24-11-7-10-23(17-24)30(31,32)33)28(36)25(16-20-8-5-4-6-9-20)27(26)22-14-12-21(18-34)13-15-22/h4-15,17,25,27H,3,16H2,1-2H3. The van der Waals surface area contributed by atoms with Crippen molar-refractivity contribution in [2.75, 3.05) is 11.5 Å². The molecule has 1 aliphatic heterocycles. The highest BCUT2D eigenvalue weighted by molar-refractivity contribution is 6.05. The summed E-state index contributed by atoms with van der Waals surface area (Å²) in [5.41, 5.74) is 1.38. The number of nitrogens with zero attached hydrogens (tertiary/aromatic N) is 2. The zero-order chi connectivity index (χ0) is 27.4. The first kappa shape index (κ1) is 26.7. The Hall–Kier alpha value is -4.38. The van der Waals surface area contributed by atoms with Gasteiger partial charge in [-0.15, -0.1) is 0 Å². The normalized spacial score (nSPS) is 17.8. The van der Waals surface area contributed by atoms with Crippen molar-refractivity contribution in [2.45, 2.75) is 32.4 Å². The molecule has 1 heterocycles. The molecule has 0 saturated heterocycles. The lowest BCUT2D eigenvalue weighted by atomic mass is 9.73. The highest BCUT2D eigenvalue weighted by Gasteiger charge is 2.45. The molecule has 2 unspecified atom stereocenters. The van der Waals surface area contributed by atoms with Gasteiger partial charge in [-0.05, 0) is 61.7 Å². The molecule has 3 aromatic rings. The Kier molecular flexibility index (Phi) is 7.67. The van der Waals surface area contributed by atoms with Gasteiger partial charge in [0.2, 0.25) is 5.91 Å². The Labute approximate surface area is 218 Å². The SMILES string of the molecule is CCOC(=O)C1=C(C)N(c2cccc(C(F)(F)F)c2)C(=O)C(Cc2ccccc2)C1c1ccc(C#N)cc1. The first-order valence-corrected chi connectivity index (χ1v) is 12.1. The minimum absolute atomic E-state index is 0.0143. The molecule has 0 radical (unpaired) electrons. The number of nitriles is 1. The maximum Gasteiger partial charge on any atom is 0.416 e. The number of anilines is 1. The summed E-state index contributed by atoms with van der Waals surface area (Å²) in [5.74, 6) is -2.66. The first-order chi connectivity index (χ1) is 18.2. The van der Waals surface area contributed by atoms with Crippen molar-refractivity contribution in [2.24, 2.45) is 5.92 Å². The number of ether oxygens (including phenoxy) is 1. The Bertz CT molecular complexity index is 1410. The molecule has 2 atom stereocenters. The summed E-state index contributed by atoms with van der Waals surface area (Å²) in [6.07, 6.45) is -4.37. The third kappa shape index (κ3) is 5.32. The smallest absolute Gasteiger partial charge is 0.416 e. The summed E-state index contributed by atoms with van der Waals surface area (Å²) in [6, 6.07) is 22.4. The van der Waals surface area contributed by atoms with Crippen LogP contribution in [-0.4, -0.2) is 18.5 Å². The maximum atomic E-state index is 14.1. The summed E-state index contributed by atoms with van der Waals surface area (Å²) in [5, 5.41) is 9.25. The van der Waals surface area contributed by atoms with E-state index in [0.717, 1.165) is 17.7 Å². The van der Waals surface area contributed by atoms with E-state index < -0.39 is 35.5 Å². The van der Waals surface area contributed by atoms with Crippen molar-refractivity contribution in [3.8, 4) is 6.07 Å². The minimum Gasteiger partial charge on any atom is -0.463 e. The third-order valence-corrected chi connectivity index (χ3v) is 6.60. The molecule has 5 nitrogen and oxygen atoms in total. The van der Waals surface area contributed by atoms with Gasteiger partial charge in [-0.25, -0.2) is 4.79 Å². The summed E-state index contributed by atoms with van der Waals surface area (Å²) in [4.78, 5) is 28.7. The third-order valence-electron chi connectivity index (χ3n) is 6.60. The number of benzene rings is 3. The Morgan fingerprint density at radius 2 is 1.71 bits per heavy atom. The fourth-order valence-electron chi connectivity index (χ4n) is 4.88. The van der Waals surface area contributed by atoms with Gasteiger partial charge < -0.3 is 4.74 Å². The van der Waals surface area contributed by atoms with Gasteiger partial charge in [0.15, 0.2) is 0 Å². The van der Waals surface area contributed by atoms with Gasteiger partial charge in [-0.2, -0.15) is 18.4 Å². The molecule has 0 saturated carbocycles. The Morgan fingerprint density at radius 1 is 1.03 bits per heavy atom. The Balaban J connectivity index is 1.95. The van der Waals surface area contributed by atoms with E-state index in [9.17, 15) is 28.0 Å². The number of rotatable bonds is 6. The number of carbonyl (C=O) groups is 2. The van der Waals surface area contributed by atoms with Crippen molar-refractivity contribution >= 4 is 17.6 Å². The average Bonchev–Trinajstić information content (AvgIpc) is 2.90. The lowest BCUT2D eigenvalue weighted by Crippen LogP contribution is -2.46. The predicted octanol–water partition coefficient (Wildman–Crippen LogP) is 6.40. The fraction of sp³-hybridized carbons (Fsp3) is 0.233. The lowest BCUT2D eigenvalue weighted by molar-refractivity contribution is -0.140. The number of carbonyl (C=O) groups excluding carboxylic acids is 2. The van der Waals surface area contributed by atoms with Crippen LogP contribution in [0, 0.1) is 17.2 Å². The van der Waals surface area contributed by atoms with Crippen LogP contribution < -0.4 is 4.90 Å². The van der Waals surface area contributed by atoms with Crippen LogP contribution in [0.15, 0.2) is 90.1 Å². The van der Waals surface area contributed by atoms with Gasteiger partial charge in [0.05, 0.1) is 35.3 Å². The Morgan fingerprint density at radius 3 is 2.32 bits per heavy atom. The molecule has 194 valence electrons. The van der Waals surface area contributed by atoms with E-state index in [1.807, 2.05) is 30.3 Å². The lowest BCUT2D eigenvalue weighted by Gasteiger charge is -2.40. The molecule has 0 aliphatic carbocycles. The molecule has 4 rings (SSSR count). The van der Waals surface area contributed by atoms with Crippen molar-refractivity contribution in [3.63, 3.8) is 0 Å². The number of allylic oxidation sites excluding steroid dienone is 1. The highest BCUT2D eigenvalue weighted by atomic mass is 19.4. The van der Waals surface area contributed by atoms with Crippen LogP contribution in [0.1, 0.15) is 42.0 Å². The van der Waals surface area contributed by atoms with Crippen LogP contribution in [0.5, 0.6) is 0 Å². The van der Waals surface area contributed by atoms with Gasteiger partial charge in [-0.1, -0.05) is 48.5 Å². The number of alkyl halides is 3. The monoisotopic (exact) mass is 518 g/mol. The zero-order valence-corrected chi connectivity index (χ0v) is 20.8. The average molecular weight is 519 g/mol. The largest absolute Gasteiger partial charge is 0.463 e. The van der Waals surface area contributed by atoms with Gasteiger partial charge in [-0.3, -0.25) is 9.69 Å². The van der Waals surface area contributed by atoms with Crippen LogP contribution in [0.25, 0.3) is 0 Å². The van der Waals surface area contributed by atoms with Crippen LogP contribution in [0.2, 0.25) is 0 Å². The van der Waals surface area contributed by atoms with Gasteiger partial charge in [0.25, 0.3) is 0 Å². The molecule has 3 aromatic carbocycles. The van der Waals surface area contributed by atoms with E-state index in [1.54, 1.807) is 38.1 Å². The topological polar surface area (TPSA) is 70.4 Å². The second-order valence-electron chi connectivity index (χ2n) is 8.95. The molecular weight excluding hydrogens is 493 g/mol. The minimum atomic E-state index is -4.61. The number of hydrogen-bond acceptors (Lipinski definition) is 4. The van der Waals surface area contributed by atoms with E-state index in [2.05, 4.69) is 6.07 Å². The van der Waals surface area contributed by atoms with E-state index in [1.165, 1.54) is 17.0 Å². The van der Waals surface area contributed by atoms with Gasteiger partial charge >= 0.3 is 12.1 Å². The van der Waals surface area contributed by atoms with Gasteiger partial charge in [0.1, 0.15) is 0 Å². The van der Waals surface area contributed by atoms with Crippen molar-refractivity contribution in [1.29, 1.82) is 5.26 Å². The molecule has 0 spiro atoms. The summed E-state index contributed by atoms with van der Waals surface area (Å²) < 4.78 is 46.0. The van der Waals surface area contributed by atoms with Crippen molar-refractivity contribution < 1.29 is 27.5 Å². The van der Waals surface area contributed by atoms with Gasteiger partial charge in [0, 0.05) is 17.3 Å². The molecule has 0 fully saturated rings.